The Hall–Kier alpha value is -2.10. The Morgan fingerprint density at radius 2 is 1.68 bits per heavy atom. The summed E-state index contributed by atoms with van der Waals surface area (Å²) in [5.41, 5.74) is 2.05. The predicted molar refractivity (Wildman–Crippen MR) is 105 cm³/mol. The number of aromatic nitrogens is 2. The van der Waals surface area contributed by atoms with Crippen LogP contribution in [0.2, 0.25) is 0 Å². The number of hydrogen-bond acceptors (Lipinski definition) is 3. The second kappa shape index (κ2) is 11.5. The summed E-state index contributed by atoms with van der Waals surface area (Å²) in [7, 11) is 0. The van der Waals surface area contributed by atoms with E-state index in [1.165, 1.54) is 44.9 Å². The van der Waals surface area contributed by atoms with Crippen molar-refractivity contribution in [3.63, 3.8) is 0 Å². The molecule has 0 atom stereocenters. The highest BCUT2D eigenvalue weighted by atomic mass is 16.5. The number of rotatable bonds is 12. The molecule has 4 nitrogen and oxygen atoms in total. The second-order valence-corrected chi connectivity index (χ2v) is 6.56. The van der Waals surface area contributed by atoms with E-state index in [-0.39, 0.29) is 0 Å². The number of benzene rings is 1. The summed E-state index contributed by atoms with van der Waals surface area (Å²) in [4.78, 5) is 4.34. The largest absolute Gasteiger partial charge is 0.494 e. The molecule has 0 amide bonds. The normalized spacial score (nSPS) is 11.3. The van der Waals surface area contributed by atoms with Gasteiger partial charge in [0.15, 0.2) is 5.82 Å². The molecular weight excluding hydrogens is 310 g/mol. The first-order valence-corrected chi connectivity index (χ1v) is 9.57. The van der Waals surface area contributed by atoms with Gasteiger partial charge in [0.2, 0.25) is 0 Å². The highest BCUT2D eigenvalue weighted by Gasteiger charge is 1.97. The van der Waals surface area contributed by atoms with Gasteiger partial charge in [-0.25, -0.2) is 4.99 Å². The van der Waals surface area contributed by atoms with E-state index >= 15 is 0 Å². The minimum atomic E-state index is 0.701. The number of unbranched alkanes of at least 4 members (excludes halogenated alkanes) is 7. The van der Waals surface area contributed by atoms with Crippen LogP contribution in [0.3, 0.4) is 0 Å². The van der Waals surface area contributed by atoms with E-state index in [0.717, 1.165) is 30.0 Å². The first-order chi connectivity index (χ1) is 12.3. The maximum Gasteiger partial charge on any atom is 0.173 e. The lowest BCUT2D eigenvalue weighted by Crippen LogP contribution is -1.97. The summed E-state index contributed by atoms with van der Waals surface area (Å²) < 4.78 is 5.81. The van der Waals surface area contributed by atoms with E-state index in [1.807, 2.05) is 43.5 Å². The average molecular weight is 341 g/mol. The molecule has 0 bridgehead atoms. The summed E-state index contributed by atoms with van der Waals surface area (Å²) in [5, 5.41) is 6.97. The van der Waals surface area contributed by atoms with E-state index in [1.54, 1.807) is 0 Å². The maximum absolute atomic E-state index is 5.81. The zero-order valence-corrected chi connectivity index (χ0v) is 15.6. The lowest BCUT2D eigenvalue weighted by atomic mass is 10.1. The van der Waals surface area contributed by atoms with E-state index in [0.29, 0.717) is 5.82 Å². The van der Waals surface area contributed by atoms with Crippen molar-refractivity contribution >= 4 is 12.0 Å². The minimum absolute atomic E-state index is 0.701. The fourth-order valence-corrected chi connectivity index (χ4v) is 2.69. The van der Waals surface area contributed by atoms with Gasteiger partial charge >= 0.3 is 0 Å². The third-order valence-corrected chi connectivity index (χ3v) is 4.19. The molecule has 1 N–H and O–H groups in total. The van der Waals surface area contributed by atoms with Gasteiger partial charge in [-0.2, -0.15) is 5.10 Å². The molecule has 1 heterocycles. The van der Waals surface area contributed by atoms with Crippen LogP contribution in [0.4, 0.5) is 5.82 Å². The topological polar surface area (TPSA) is 50.3 Å². The van der Waals surface area contributed by atoms with Crippen molar-refractivity contribution in [3.05, 3.63) is 41.6 Å². The SMILES string of the molecule is CCCCCCCCCCOc1ccc(C=Nc2cc(C)[nH]n2)cc1. The smallest absolute Gasteiger partial charge is 0.173 e. The van der Waals surface area contributed by atoms with Crippen molar-refractivity contribution in [3.8, 4) is 5.75 Å². The van der Waals surface area contributed by atoms with Gasteiger partial charge in [-0.05, 0) is 43.2 Å². The van der Waals surface area contributed by atoms with Gasteiger partial charge in [0.05, 0.1) is 6.61 Å². The van der Waals surface area contributed by atoms with Crippen molar-refractivity contribution < 1.29 is 4.74 Å². The molecule has 4 heteroatoms. The van der Waals surface area contributed by atoms with Gasteiger partial charge in [0, 0.05) is 18.0 Å². The molecule has 0 unspecified atom stereocenters. The molecular formula is C21H31N3O. The van der Waals surface area contributed by atoms with Gasteiger partial charge in [-0.15, -0.1) is 0 Å². The van der Waals surface area contributed by atoms with Crippen LogP contribution >= 0.6 is 0 Å². The van der Waals surface area contributed by atoms with Crippen LogP contribution in [0.15, 0.2) is 35.3 Å². The maximum atomic E-state index is 5.81. The molecule has 2 rings (SSSR count). The summed E-state index contributed by atoms with van der Waals surface area (Å²) in [6.45, 7) is 5.02. The van der Waals surface area contributed by atoms with E-state index in [4.69, 9.17) is 4.74 Å². The molecule has 0 aliphatic rings. The van der Waals surface area contributed by atoms with Crippen molar-refractivity contribution in [2.45, 2.75) is 65.2 Å². The summed E-state index contributed by atoms with van der Waals surface area (Å²) in [6.07, 6.45) is 12.4. The zero-order chi connectivity index (χ0) is 17.7. The van der Waals surface area contributed by atoms with Crippen LogP contribution in [0.25, 0.3) is 0 Å². The Morgan fingerprint density at radius 1 is 1.00 bits per heavy atom. The number of aliphatic imine (C=N–C) groups is 1. The zero-order valence-electron chi connectivity index (χ0n) is 15.6. The van der Waals surface area contributed by atoms with Crippen LogP contribution in [-0.4, -0.2) is 23.0 Å². The number of nitrogens with zero attached hydrogens (tertiary/aromatic N) is 2. The highest BCUT2D eigenvalue weighted by Crippen LogP contribution is 2.14. The van der Waals surface area contributed by atoms with Crippen molar-refractivity contribution in [2.75, 3.05) is 6.61 Å². The second-order valence-electron chi connectivity index (χ2n) is 6.56. The molecule has 25 heavy (non-hydrogen) atoms. The van der Waals surface area contributed by atoms with Crippen LogP contribution in [0, 0.1) is 6.92 Å². The quantitative estimate of drug-likeness (QED) is 0.381. The molecule has 0 aliphatic carbocycles. The van der Waals surface area contributed by atoms with Crippen LogP contribution in [-0.2, 0) is 0 Å². The van der Waals surface area contributed by atoms with Gasteiger partial charge in [0.25, 0.3) is 0 Å². The number of hydrogen-bond donors (Lipinski definition) is 1. The number of ether oxygens (including phenoxy) is 1. The van der Waals surface area contributed by atoms with Gasteiger partial charge in [-0.1, -0.05) is 51.9 Å². The fraction of sp³-hybridized carbons (Fsp3) is 0.524. The molecule has 2 aromatic rings. The molecule has 0 saturated heterocycles. The lowest BCUT2D eigenvalue weighted by Gasteiger charge is -2.06. The third-order valence-electron chi connectivity index (χ3n) is 4.19. The van der Waals surface area contributed by atoms with Crippen molar-refractivity contribution in [1.29, 1.82) is 0 Å². The van der Waals surface area contributed by atoms with Crippen molar-refractivity contribution in [1.82, 2.24) is 10.2 Å². The molecule has 136 valence electrons. The Balaban J connectivity index is 1.59. The standard InChI is InChI=1S/C21H31N3O/c1-3-4-5-6-7-8-9-10-15-25-20-13-11-19(12-14-20)17-22-21-16-18(2)23-24-21/h11-14,16-17H,3-10,15H2,1-2H3,(H,23,24). The number of nitrogens with one attached hydrogen (secondary N) is 1. The lowest BCUT2D eigenvalue weighted by molar-refractivity contribution is 0.304. The van der Waals surface area contributed by atoms with Crippen LogP contribution < -0.4 is 4.74 Å². The molecule has 0 spiro atoms. The fourth-order valence-electron chi connectivity index (χ4n) is 2.69. The van der Waals surface area contributed by atoms with Gasteiger partial charge in [-0.3, -0.25) is 5.10 Å². The molecule has 0 saturated carbocycles. The number of aromatic amines is 1. The average Bonchev–Trinajstić information content (AvgIpc) is 3.05. The Bertz CT molecular complexity index is 616. The summed E-state index contributed by atoms with van der Waals surface area (Å²) in [6, 6.07) is 9.96. The number of H-pyrrole nitrogens is 1. The Labute approximate surface area is 151 Å². The summed E-state index contributed by atoms with van der Waals surface area (Å²) in [5.74, 6) is 1.63. The predicted octanol–water partition coefficient (Wildman–Crippen LogP) is 5.99. The van der Waals surface area contributed by atoms with Gasteiger partial charge < -0.3 is 4.74 Å². The summed E-state index contributed by atoms with van der Waals surface area (Å²) >= 11 is 0. The molecule has 0 fully saturated rings. The van der Waals surface area contributed by atoms with E-state index < -0.39 is 0 Å². The third kappa shape index (κ3) is 8.01. The first-order valence-electron chi connectivity index (χ1n) is 9.57. The molecule has 1 aromatic heterocycles. The minimum Gasteiger partial charge on any atom is -0.494 e. The molecule has 0 aliphatic heterocycles. The van der Waals surface area contributed by atoms with E-state index in [2.05, 4.69) is 22.1 Å². The van der Waals surface area contributed by atoms with Gasteiger partial charge in [0.1, 0.15) is 5.75 Å². The first kappa shape index (κ1) is 19.2. The highest BCUT2D eigenvalue weighted by molar-refractivity contribution is 5.81. The van der Waals surface area contributed by atoms with Crippen LogP contribution in [0.1, 0.15) is 69.5 Å². The van der Waals surface area contributed by atoms with Crippen molar-refractivity contribution in [2.24, 2.45) is 4.99 Å². The monoisotopic (exact) mass is 341 g/mol. The molecule has 0 radical (unpaired) electrons. The Kier molecular flexibility index (Phi) is 8.81. The molecule has 1 aromatic carbocycles. The van der Waals surface area contributed by atoms with Crippen LogP contribution in [0.5, 0.6) is 5.75 Å². The number of aryl methyl sites for hydroxylation is 1. The van der Waals surface area contributed by atoms with E-state index in [9.17, 15) is 0 Å². The Morgan fingerprint density at radius 3 is 2.32 bits per heavy atom.